The van der Waals surface area contributed by atoms with Gasteiger partial charge in [0.1, 0.15) is 6.04 Å². The molecule has 0 aliphatic carbocycles. The molecule has 110 valence electrons. The minimum atomic E-state index is -4.24. The zero-order valence-electron chi connectivity index (χ0n) is 12.1. The zero-order chi connectivity index (χ0) is 14.8. The van der Waals surface area contributed by atoms with Crippen molar-refractivity contribution in [1.82, 2.24) is 14.7 Å². The lowest BCUT2D eigenvalue weighted by molar-refractivity contribution is -0.165. The van der Waals surface area contributed by atoms with Crippen molar-refractivity contribution in [2.75, 3.05) is 0 Å². The average molecular weight is 277 g/mol. The highest BCUT2D eigenvalue weighted by molar-refractivity contribution is 5.22. The first-order valence-corrected chi connectivity index (χ1v) is 6.66. The van der Waals surface area contributed by atoms with Gasteiger partial charge in [-0.3, -0.25) is 9.58 Å². The standard InChI is InChI=1S/C11H16F3N3.C2H6/c1-7(2)16-4-9-5-17(15-10(9)6-16)8(3)11(12,13)14;1-2/h5,7-8H,4,6H2,1-3H3;1-2H3. The molecule has 0 saturated heterocycles. The Morgan fingerprint density at radius 3 is 2.16 bits per heavy atom. The van der Waals surface area contributed by atoms with Gasteiger partial charge < -0.3 is 0 Å². The molecule has 1 aliphatic rings. The van der Waals surface area contributed by atoms with Crippen molar-refractivity contribution in [3.63, 3.8) is 0 Å². The quantitative estimate of drug-likeness (QED) is 0.820. The summed E-state index contributed by atoms with van der Waals surface area (Å²) in [4.78, 5) is 2.18. The van der Waals surface area contributed by atoms with E-state index in [4.69, 9.17) is 0 Å². The molecule has 1 atom stereocenters. The van der Waals surface area contributed by atoms with Gasteiger partial charge in [-0.15, -0.1) is 0 Å². The molecule has 3 nitrogen and oxygen atoms in total. The van der Waals surface area contributed by atoms with Gasteiger partial charge in [0, 0.05) is 30.9 Å². The second-order valence-electron chi connectivity index (χ2n) is 4.80. The summed E-state index contributed by atoms with van der Waals surface area (Å²) >= 11 is 0. The second-order valence-corrected chi connectivity index (χ2v) is 4.80. The Morgan fingerprint density at radius 1 is 1.16 bits per heavy atom. The highest BCUT2D eigenvalue weighted by Crippen LogP contribution is 2.32. The van der Waals surface area contributed by atoms with Crippen LogP contribution in [0.4, 0.5) is 13.2 Å². The van der Waals surface area contributed by atoms with Gasteiger partial charge in [0.2, 0.25) is 0 Å². The molecule has 1 aromatic rings. The Hall–Kier alpha value is -1.04. The first kappa shape index (κ1) is 16.0. The third-order valence-corrected chi connectivity index (χ3v) is 3.22. The molecule has 0 spiro atoms. The molecule has 0 N–H and O–H groups in total. The van der Waals surface area contributed by atoms with Gasteiger partial charge in [-0.1, -0.05) is 13.8 Å². The molecule has 2 heterocycles. The van der Waals surface area contributed by atoms with Crippen LogP contribution < -0.4 is 0 Å². The molecule has 0 radical (unpaired) electrons. The van der Waals surface area contributed by atoms with E-state index in [9.17, 15) is 13.2 Å². The van der Waals surface area contributed by atoms with Crippen LogP contribution in [-0.2, 0) is 13.1 Å². The van der Waals surface area contributed by atoms with Gasteiger partial charge in [-0.05, 0) is 20.8 Å². The smallest absolute Gasteiger partial charge is 0.291 e. The van der Waals surface area contributed by atoms with Gasteiger partial charge in [-0.25, -0.2) is 0 Å². The lowest BCUT2D eigenvalue weighted by Crippen LogP contribution is -2.27. The van der Waals surface area contributed by atoms with E-state index < -0.39 is 12.2 Å². The Labute approximate surface area is 112 Å². The zero-order valence-corrected chi connectivity index (χ0v) is 12.1. The molecule has 1 aliphatic heterocycles. The van der Waals surface area contributed by atoms with Gasteiger partial charge in [0.15, 0.2) is 0 Å². The van der Waals surface area contributed by atoms with Gasteiger partial charge in [0.05, 0.1) is 5.69 Å². The Balaban J connectivity index is 0.000000861. The van der Waals surface area contributed by atoms with E-state index in [1.165, 1.54) is 6.20 Å². The molecule has 0 fully saturated rings. The summed E-state index contributed by atoms with van der Waals surface area (Å²) in [6, 6.07) is -1.17. The minimum Gasteiger partial charge on any atom is -0.291 e. The number of aromatic nitrogens is 2. The third-order valence-electron chi connectivity index (χ3n) is 3.22. The second kappa shape index (κ2) is 5.94. The number of alkyl halides is 3. The molecular formula is C13H22F3N3. The Bertz CT molecular complexity index is 386. The summed E-state index contributed by atoms with van der Waals surface area (Å²) in [6.07, 6.45) is -2.71. The normalized spacial score (nSPS) is 17.1. The van der Waals surface area contributed by atoms with E-state index in [2.05, 4.69) is 23.8 Å². The third kappa shape index (κ3) is 3.49. The first-order valence-electron chi connectivity index (χ1n) is 6.66. The topological polar surface area (TPSA) is 21.1 Å². The van der Waals surface area contributed by atoms with Crippen molar-refractivity contribution in [3.8, 4) is 0 Å². The number of nitrogens with zero attached hydrogens (tertiary/aromatic N) is 3. The van der Waals surface area contributed by atoms with Crippen LogP contribution in [-0.4, -0.2) is 26.9 Å². The summed E-state index contributed by atoms with van der Waals surface area (Å²) < 4.78 is 38.6. The SMILES string of the molecule is CC.CC(C)N1Cc2cn(C(C)C(F)(F)F)nc2C1. The lowest BCUT2D eigenvalue weighted by atomic mass is 10.3. The lowest BCUT2D eigenvalue weighted by Gasteiger charge is -2.20. The van der Waals surface area contributed by atoms with Crippen LogP contribution in [0.25, 0.3) is 0 Å². The highest BCUT2D eigenvalue weighted by Gasteiger charge is 2.39. The summed E-state index contributed by atoms with van der Waals surface area (Å²) in [7, 11) is 0. The van der Waals surface area contributed by atoms with Crippen molar-refractivity contribution >= 4 is 0 Å². The molecule has 2 rings (SSSR count). The van der Waals surface area contributed by atoms with Crippen LogP contribution in [0.3, 0.4) is 0 Å². The van der Waals surface area contributed by atoms with Gasteiger partial charge >= 0.3 is 6.18 Å². The Morgan fingerprint density at radius 2 is 1.74 bits per heavy atom. The maximum absolute atomic E-state index is 12.5. The van der Waals surface area contributed by atoms with Crippen molar-refractivity contribution in [3.05, 3.63) is 17.5 Å². The molecule has 0 aromatic carbocycles. The highest BCUT2D eigenvalue weighted by atomic mass is 19.4. The van der Waals surface area contributed by atoms with E-state index in [-0.39, 0.29) is 0 Å². The molecule has 1 aromatic heterocycles. The molecular weight excluding hydrogens is 255 g/mol. The molecule has 0 saturated carbocycles. The van der Waals surface area contributed by atoms with Crippen LogP contribution in [0.2, 0.25) is 0 Å². The van der Waals surface area contributed by atoms with Crippen LogP contribution in [0.1, 0.15) is 51.9 Å². The van der Waals surface area contributed by atoms with Gasteiger partial charge in [0.25, 0.3) is 0 Å². The van der Waals surface area contributed by atoms with Crippen molar-refractivity contribution in [2.45, 2.75) is 66.0 Å². The fraction of sp³-hybridized carbons (Fsp3) is 0.769. The monoisotopic (exact) mass is 277 g/mol. The number of halogens is 3. The fourth-order valence-corrected chi connectivity index (χ4v) is 1.91. The predicted molar refractivity (Wildman–Crippen MR) is 68.7 cm³/mol. The maximum atomic E-state index is 12.5. The van der Waals surface area contributed by atoms with E-state index in [1.54, 1.807) is 0 Å². The van der Waals surface area contributed by atoms with Crippen LogP contribution in [0.5, 0.6) is 0 Å². The van der Waals surface area contributed by atoms with Crippen molar-refractivity contribution < 1.29 is 13.2 Å². The summed E-state index contributed by atoms with van der Waals surface area (Å²) in [6.45, 7) is 10.6. The number of rotatable bonds is 2. The number of hydrogen-bond donors (Lipinski definition) is 0. The van der Waals surface area contributed by atoms with E-state index in [1.807, 2.05) is 13.8 Å². The predicted octanol–water partition coefficient (Wildman–Crippen LogP) is 3.76. The maximum Gasteiger partial charge on any atom is 0.410 e. The molecule has 6 heteroatoms. The molecule has 0 amide bonds. The van der Waals surface area contributed by atoms with Crippen LogP contribution in [0, 0.1) is 0 Å². The van der Waals surface area contributed by atoms with E-state index >= 15 is 0 Å². The largest absolute Gasteiger partial charge is 0.410 e. The summed E-state index contributed by atoms with van der Waals surface area (Å²) in [5, 5.41) is 4.04. The van der Waals surface area contributed by atoms with Crippen LogP contribution >= 0.6 is 0 Å². The van der Waals surface area contributed by atoms with Gasteiger partial charge in [-0.2, -0.15) is 18.3 Å². The van der Waals surface area contributed by atoms with Crippen molar-refractivity contribution in [1.29, 1.82) is 0 Å². The summed E-state index contributed by atoms with van der Waals surface area (Å²) in [5.41, 5.74) is 1.68. The van der Waals surface area contributed by atoms with E-state index in [0.717, 1.165) is 22.9 Å². The summed E-state index contributed by atoms with van der Waals surface area (Å²) in [5.74, 6) is 0. The van der Waals surface area contributed by atoms with Crippen LogP contribution in [0.15, 0.2) is 6.20 Å². The first-order chi connectivity index (χ1) is 8.79. The number of fused-ring (bicyclic) bond motifs is 1. The fourth-order valence-electron chi connectivity index (χ4n) is 1.91. The average Bonchev–Trinajstić information content (AvgIpc) is 2.86. The molecule has 1 unspecified atom stereocenters. The molecule has 0 bridgehead atoms. The molecule has 19 heavy (non-hydrogen) atoms. The number of hydrogen-bond acceptors (Lipinski definition) is 2. The minimum absolute atomic E-state index is 0.387. The van der Waals surface area contributed by atoms with E-state index in [0.29, 0.717) is 19.1 Å². The Kier molecular flexibility index (Phi) is 5.01. The van der Waals surface area contributed by atoms with Crippen molar-refractivity contribution in [2.24, 2.45) is 0 Å².